The van der Waals surface area contributed by atoms with Crippen LogP contribution in [-0.2, 0) is 16.7 Å². The van der Waals surface area contributed by atoms with Gasteiger partial charge < -0.3 is 4.74 Å². The number of hydrogen-bond donors (Lipinski definition) is 0. The number of fused-ring (bicyclic) bond motifs is 1. The quantitative estimate of drug-likeness (QED) is 0.724. The van der Waals surface area contributed by atoms with Gasteiger partial charge in [0.15, 0.2) is 0 Å². The second kappa shape index (κ2) is 3.63. The maximum Gasteiger partial charge on any atom is 0.411 e. The molecule has 2 fully saturated rings. The van der Waals surface area contributed by atoms with Crippen molar-refractivity contribution in [3.8, 4) is 0 Å². The standard InChI is InChI=1S/C18H23NO2/c1-16(2)13-8-6-5-7-12(13)11-19-15(20)21-17(3)10-9-14(16)18(17,19)4/h5-8,14H,9-11H2,1-4H3/t14-,17-,18-/m1/s1. The van der Waals surface area contributed by atoms with Crippen molar-refractivity contribution in [2.75, 3.05) is 0 Å². The fraction of sp³-hybridized carbons (Fsp3) is 0.611. The molecule has 0 N–H and O–H groups in total. The molecule has 1 saturated heterocycles. The molecule has 1 aromatic rings. The number of amides is 1. The predicted molar refractivity (Wildman–Crippen MR) is 81.0 cm³/mol. The zero-order chi connectivity index (χ0) is 15.0. The highest BCUT2D eigenvalue weighted by Crippen LogP contribution is 2.61. The van der Waals surface area contributed by atoms with E-state index >= 15 is 0 Å². The van der Waals surface area contributed by atoms with E-state index < -0.39 is 0 Å². The van der Waals surface area contributed by atoms with Crippen molar-refractivity contribution < 1.29 is 9.53 Å². The lowest BCUT2D eigenvalue weighted by Crippen LogP contribution is -2.57. The molecule has 3 heteroatoms. The third kappa shape index (κ3) is 1.33. The first-order valence-electron chi connectivity index (χ1n) is 7.90. The molecule has 0 bridgehead atoms. The average molecular weight is 285 g/mol. The van der Waals surface area contributed by atoms with E-state index in [4.69, 9.17) is 4.74 Å². The molecule has 3 nitrogen and oxygen atoms in total. The molecular weight excluding hydrogens is 262 g/mol. The molecule has 112 valence electrons. The summed E-state index contributed by atoms with van der Waals surface area (Å²) >= 11 is 0. The number of hydrogen-bond acceptors (Lipinski definition) is 2. The van der Waals surface area contributed by atoms with E-state index in [0.29, 0.717) is 12.5 Å². The first kappa shape index (κ1) is 13.2. The van der Waals surface area contributed by atoms with Gasteiger partial charge in [-0.05, 0) is 49.1 Å². The fourth-order valence-electron chi connectivity index (χ4n) is 5.32. The van der Waals surface area contributed by atoms with Crippen molar-refractivity contribution in [2.45, 2.75) is 63.6 Å². The van der Waals surface area contributed by atoms with Crippen LogP contribution in [0, 0.1) is 5.92 Å². The molecule has 0 unspecified atom stereocenters. The third-order valence-electron chi connectivity index (χ3n) is 6.66. The Kier molecular flexibility index (Phi) is 2.28. The molecule has 1 amide bonds. The molecule has 1 aliphatic carbocycles. The number of carbonyl (C=O) groups is 1. The summed E-state index contributed by atoms with van der Waals surface area (Å²) in [5.41, 5.74) is 2.13. The number of nitrogens with zero attached hydrogens (tertiary/aromatic N) is 1. The molecule has 21 heavy (non-hydrogen) atoms. The Labute approximate surface area is 126 Å². The Morgan fingerprint density at radius 1 is 1.19 bits per heavy atom. The Hall–Kier alpha value is -1.51. The molecule has 4 rings (SSSR count). The van der Waals surface area contributed by atoms with Gasteiger partial charge in [0.2, 0.25) is 0 Å². The van der Waals surface area contributed by atoms with Gasteiger partial charge in [-0.1, -0.05) is 38.1 Å². The van der Waals surface area contributed by atoms with Gasteiger partial charge in [-0.25, -0.2) is 4.79 Å². The van der Waals surface area contributed by atoms with Gasteiger partial charge in [0.05, 0.1) is 12.1 Å². The molecule has 3 aliphatic rings. The summed E-state index contributed by atoms with van der Waals surface area (Å²) < 4.78 is 5.84. The lowest BCUT2D eigenvalue weighted by Gasteiger charge is -2.45. The van der Waals surface area contributed by atoms with Gasteiger partial charge in [-0.2, -0.15) is 0 Å². The number of ether oxygens (including phenoxy) is 1. The highest BCUT2D eigenvalue weighted by Gasteiger charge is 2.70. The van der Waals surface area contributed by atoms with Gasteiger partial charge >= 0.3 is 6.09 Å². The fourth-order valence-corrected chi connectivity index (χ4v) is 5.32. The number of benzene rings is 1. The van der Waals surface area contributed by atoms with Crippen LogP contribution in [0.2, 0.25) is 0 Å². The second-order valence-electron chi connectivity index (χ2n) is 7.80. The highest BCUT2D eigenvalue weighted by molar-refractivity contribution is 5.74. The lowest BCUT2D eigenvalue weighted by atomic mass is 9.64. The van der Waals surface area contributed by atoms with Gasteiger partial charge in [-0.3, -0.25) is 4.90 Å². The van der Waals surface area contributed by atoms with Crippen molar-refractivity contribution in [3.05, 3.63) is 35.4 Å². The molecule has 0 radical (unpaired) electrons. The molecule has 0 spiro atoms. The van der Waals surface area contributed by atoms with Gasteiger partial charge in [0.1, 0.15) is 5.60 Å². The van der Waals surface area contributed by atoms with Gasteiger partial charge in [-0.15, -0.1) is 0 Å². The summed E-state index contributed by atoms with van der Waals surface area (Å²) in [6.07, 6.45) is 1.93. The summed E-state index contributed by atoms with van der Waals surface area (Å²) in [7, 11) is 0. The van der Waals surface area contributed by atoms with Crippen molar-refractivity contribution in [2.24, 2.45) is 5.92 Å². The summed E-state index contributed by atoms with van der Waals surface area (Å²) in [6, 6.07) is 8.58. The molecule has 2 heterocycles. The summed E-state index contributed by atoms with van der Waals surface area (Å²) in [6.45, 7) is 9.70. The largest absolute Gasteiger partial charge is 0.441 e. The van der Waals surface area contributed by atoms with E-state index in [1.54, 1.807) is 0 Å². The average Bonchev–Trinajstić information content (AvgIpc) is 2.74. The molecule has 0 aromatic heterocycles. The highest BCUT2D eigenvalue weighted by atomic mass is 16.6. The van der Waals surface area contributed by atoms with Gasteiger partial charge in [0, 0.05) is 0 Å². The number of rotatable bonds is 0. The summed E-state index contributed by atoms with van der Waals surface area (Å²) in [4.78, 5) is 14.5. The van der Waals surface area contributed by atoms with Crippen LogP contribution in [0.15, 0.2) is 24.3 Å². The molecule has 1 saturated carbocycles. The minimum absolute atomic E-state index is 0.0475. The van der Waals surface area contributed by atoms with Crippen LogP contribution in [0.3, 0.4) is 0 Å². The van der Waals surface area contributed by atoms with E-state index in [1.807, 2.05) is 4.90 Å². The molecule has 3 atom stereocenters. The smallest absolute Gasteiger partial charge is 0.411 e. The van der Waals surface area contributed by atoms with Crippen LogP contribution >= 0.6 is 0 Å². The van der Waals surface area contributed by atoms with Crippen LogP contribution in [0.1, 0.15) is 51.7 Å². The Balaban J connectivity index is 1.98. The minimum Gasteiger partial charge on any atom is -0.441 e. The first-order chi connectivity index (χ1) is 9.81. The minimum atomic E-state index is -0.353. The Morgan fingerprint density at radius 3 is 2.67 bits per heavy atom. The van der Waals surface area contributed by atoms with E-state index in [-0.39, 0.29) is 22.6 Å². The van der Waals surface area contributed by atoms with Crippen molar-refractivity contribution in [3.63, 3.8) is 0 Å². The van der Waals surface area contributed by atoms with E-state index in [1.165, 1.54) is 11.1 Å². The monoisotopic (exact) mass is 285 g/mol. The topological polar surface area (TPSA) is 29.5 Å². The van der Waals surface area contributed by atoms with E-state index in [9.17, 15) is 4.79 Å². The van der Waals surface area contributed by atoms with Crippen LogP contribution in [-0.4, -0.2) is 22.1 Å². The number of carbonyl (C=O) groups excluding carboxylic acids is 1. The second-order valence-corrected chi connectivity index (χ2v) is 7.80. The zero-order valence-electron chi connectivity index (χ0n) is 13.3. The third-order valence-corrected chi connectivity index (χ3v) is 6.66. The van der Waals surface area contributed by atoms with Crippen LogP contribution in [0.5, 0.6) is 0 Å². The zero-order valence-corrected chi connectivity index (χ0v) is 13.3. The maximum atomic E-state index is 12.5. The van der Waals surface area contributed by atoms with Crippen molar-refractivity contribution in [1.29, 1.82) is 0 Å². The van der Waals surface area contributed by atoms with Crippen LogP contribution < -0.4 is 0 Å². The Bertz CT molecular complexity index is 638. The van der Waals surface area contributed by atoms with Gasteiger partial charge in [0.25, 0.3) is 0 Å². The Morgan fingerprint density at radius 2 is 1.90 bits per heavy atom. The SMILES string of the molecule is CC1(C)c2ccccc2CN2C(=O)O[C@]3(C)CC[C@H]1[C@@]23C. The van der Waals surface area contributed by atoms with E-state index in [0.717, 1.165) is 12.8 Å². The predicted octanol–water partition coefficient (Wildman–Crippen LogP) is 3.86. The molecule has 2 aliphatic heterocycles. The van der Waals surface area contributed by atoms with Crippen LogP contribution in [0.4, 0.5) is 4.79 Å². The lowest BCUT2D eigenvalue weighted by molar-refractivity contribution is 0.00545. The van der Waals surface area contributed by atoms with Crippen molar-refractivity contribution in [1.82, 2.24) is 4.90 Å². The maximum absolute atomic E-state index is 12.5. The van der Waals surface area contributed by atoms with Crippen molar-refractivity contribution >= 4 is 6.09 Å². The van der Waals surface area contributed by atoms with Crippen LogP contribution in [0.25, 0.3) is 0 Å². The first-order valence-corrected chi connectivity index (χ1v) is 7.90. The summed E-state index contributed by atoms with van der Waals surface area (Å²) in [5.74, 6) is 0.421. The summed E-state index contributed by atoms with van der Waals surface area (Å²) in [5, 5.41) is 0. The molecule has 1 aromatic carbocycles. The molecular formula is C18H23NO2. The van der Waals surface area contributed by atoms with E-state index in [2.05, 4.69) is 52.0 Å². The normalized spacial score (nSPS) is 39.5.